The van der Waals surface area contributed by atoms with Crippen LogP contribution in [0.25, 0.3) is 0 Å². The topological polar surface area (TPSA) is 115 Å². The van der Waals surface area contributed by atoms with Crippen LogP contribution in [0.2, 0.25) is 0 Å². The molecule has 6 aliphatic rings. The standard InChI is InChI=1S/C30H46O8/c1-16-24(32)26(35-4)25(33)27(37-16)38-19-7-10-28(2)18(14-19)5-6-22-21(28)8-11-29(3)20(9-12-30(22,29)34)17-13-23(31)36-15-17/h13,16,18-22,24-27,32-34H,5-12,14-15H2,1-4H3/t16?,18-,19?,20?,21?,22?,24?,25?,26?,27+,28-,29-,30-/m1/s1. The molecule has 0 aromatic rings. The quantitative estimate of drug-likeness (QED) is 0.372. The Morgan fingerprint density at radius 2 is 1.79 bits per heavy atom. The van der Waals surface area contributed by atoms with Gasteiger partial charge >= 0.3 is 5.97 Å². The summed E-state index contributed by atoms with van der Waals surface area (Å²) in [4.78, 5) is 11.8. The number of carbonyl (C=O) groups is 1. The fourth-order valence-electron chi connectivity index (χ4n) is 10.1. The van der Waals surface area contributed by atoms with Gasteiger partial charge in [0, 0.05) is 18.6 Å². The second-order valence-electron chi connectivity index (χ2n) is 13.7. The van der Waals surface area contributed by atoms with Crippen LogP contribution in [0.5, 0.6) is 0 Å². The average Bonchev–Trinajstić information content (AvgIpc) is 3.43. The van der Waals surface area contributed by atoms with E-state index in [1.807, 2.05) is 0 Å². The first-order valence-corrected chi connectivity index (χ1v) is 14.8. The van der Waals surface area contributed by atoms with E-state index in [2.05, 4.69) is 13.8 Å². The largest absolute Gasteiger partial charge is 0.458 e. The molecule has 3 N–H and O–H groups in total. The fraction of sp³-hybridized carbons (Fsp3) is 0.900. The van der Waals surface area contributed by atoms with Gasteiger partial charge in [-0.2, -0.15) is 0 Å². The van der Waals surface area contributed by atoms with Crippen molar-refractivity contribution in [3.63, 3.8) is 0 Å². The Kier molecular flexibility index (Phi) is 6.80. The number of fused-ring (bicyclic) bond motifs is 5. The Labute approximate surface area is 226 Å². The zero-order valence-corrected chi connectivity index (χ0v) is 23.3. The zero-order chi connectivity index (χ0) is 27.0. The number of rotatable bonds is 4. The van der Waals surface area contributed by atoms with Crippen LogP contribution in [0.1, 0.15) is 78.6 Å². The highest BCUT2D eigenvalue weighted by Gasteiger charge is 2.67. The molecule has 0 bridgehead atoms. The van der Waals surface area contributed by atoms with Crippen LogP contribution in [0.4, 0.5) is 0 Å². The Balaban J connectivity index is 1.16. The van der Waals surface area contributed by atoms with Gasteiger partial charge in [0.25, 0.3) is 0 Å². The van der Waals surface area contributed by atoms with E-state index in [0.29, 0.717) is 18.4 Å². The molecule has 8 heteroatoms. The summed E-state index contributed by atoms with van der Waals surface area (Å²) >= 11 is 0. The molecule has 6 rings (SSSR count). The minimum atomic E-state index is -1.04. The van der Waals surface area contributed by atoms with Gasteiger partial charge in [-0.3, -0.25) is 0 Å². The number of cyclic esters (lactones) is 1. The van der Waals surface area contributed by atoms with E-state index in [1.54, 1.807) is 13.0 Å². The minimum absolute atomic E-state index is 0.0103. The van der Waals surface area contributed by atoms with Crippen LogP contribution in [0.3, 0.4) is 0 Å². The van der Waals surface area contributed by atoms with Crippen molar-refractivity contribution in [2.24, 2.45) is 34.5 Å². The molecular weight excluding hydrogens is 488 g/mol. The third kappa shape index (κ3) is 3.88. The maximum atomic E-state index is 12.4. The number of esters is 1. The number of aliphatic hydroxyl groups is 3. The summed E-state index contributed by atoms with van der Waals surface area (Å²) in [5, 5.41) is 33.5. The van der Waals surface area contributed by atoms with Gasteiger partial charge in [-0.05, 0) is 99.4 Å². The van der Waals surface area contributed by atoms with Gasteiger partial charge in [0.05, 0.1) is 17.8 Å². The lowest BCUT2D eigenvalue weighted by atomic mass is 9.43. The molecule has 0 aromatic heterocycles. The van der Waals surface area contributed by atoms with Gasteiger partial charge in [-0.1, -0.05) is 13.8 Å². The first-order chi connectivity index (χ1) is 18.0. The Morgan fingerprint density at radius 1 is 1.00 bits per heavy atom. The van der Waals surface area contributed by atoms with E-state index in [-0.39, 0.29) is 34.7 Å². The van der Waals surface area contributed by atoms with Crippen LogP contribution >= 0.6 is 0 Å². The van der Waals surface area contributed by atoms with Crippen molar-refractivity contribution in [3.8, 4) is 0 Å². The lowest BCUT2D eigenvalue weighted by Gasteiger charge is -2.64. The predicted molar refractivity (Wildman–Crippen MR) is 138 cm³/mol. The molecule has 4 saturated carbocycles. The monoisotopic (exact) mass is 534 g/mol. The molecule has 0 aromatic carbocycles. The summed E-state index contributed by atoms with van der Waals surface area (Å²) in [5.41, 5.74) is 0.300. The Bertz CT molecular complexity index is 968. The summed E-state index contributed by atoms with van der Waals surface area (Å²) in [6.07, 6.45) is 6.45. The Morgan fingerprint density at radius 3 is 2.50 bits per heavy atom. The van der Waals surface area contributed by atoms with E-state index < -0.39 is 36.3 Å². The number of hydrogen-bond donors (Lipinski definition) is 3. The van der Waals surface area contributed by atoms with Crippen molar-refractivity contribution >= 4 is 5.97 Å². The highest BCUT2D eigenvalue weighted by molar-refractivity contribution is 5.85. The summed E-state index contributed by atoms with van der Waals surface area (Å²) in [6.45, 7) is 6.87. The number of hydrogen-bond acceptors (Lipinski definition) is 8. The van der Waals surface area contributed by atoms with E-state index in [1.165, 1.54) is 7.11 Å². The molecule has 8 unspecified atom stereocenters. The number of ether oxygens (including phenoxy) is 4. The van der Waals surface area contributed by atoms with Crippen molar-refractivity contribution in [2.45, 2.75) is 121 Å². The van der Waals surface area contributed by atoms with Crippen LogP contribution in [-0.2, 0) is 23.7 Å². The zero-order valence-electron chi connectivity index (χ0n) is 23.3. The van der Waals surface area contributed by atoms with Gasteiger partial charge in [-0.25, -0.2) is 4.79 Å². The first-order valence-electron chi connectivity index (χ1n) is 14.8. The molecule has 0 radical (unpaired) electrons. The van der Waals surface area contributed by atoms with Crippen LogP contribution in [-0.4, -0.2) is 77.4 Å². The SMILES string of the molecule is COC1C(O)C(C)O[C@@H](OC2CC[C@@]3(C)C4CC[C@]5(C)C(C6=CC(=O)OC6)CC[C@@]5(O)C4CC[C@@H]3C2)C1O. The van der Waals surface area contributed by atoms with Gasteiger partial charge in [0.1, 0.15) is 24.9 Å². The summed E-state index contributed by atoms with van der Waals surface area (Å²) in [6, 6.07) is 0. The molecule has 13 atom stereocenters. The lowest BCUT2D eigenvalue weighted by Crippen LogP contribution is -2.62. The minimum Gasteiger partial charge on any atom is -0.458 e. The van der Waals surface area contributed by atoms with Gasteiger partial charge < -0.3 is 34.3 Å². The average molecular weight is 535 g/mol. The van der Waals surface area contributed by atoms with E-state index in [9.17, 15) is 20.1 Å². The molecule has 2 heterocycles. The summed E-state index contributed by atoms with van der Waals surface area (Å²) in [7, 11) is 1.49. The van der Waals surface area contributed by atoms with E-state index in [0.717, 1.165) is 63.4 Å². The highest BCUT2D eigenvalue weighted by Crippen LogP contribution is 2.70. The fourth-order valence-corrected chi connectivity index (χ4v) is 10.1. The van der Waals surface area contributed by atoms with Gasteiger partial charge in [0.2, 0.25) is 0 Å². The normalized spacial score (nSPS) is 54.5. The van der Waals surface area contributed by atoms with Crippen LogP contribution in [0, 0.1) is 34.5 Å². The summed E-state index contributed by atoms with van der Waals surface area (Å²) < 4.78 is 22.8. The van der Waals surface area contributed by atoms with Crippen molar-refractivity contribution in [3.05, 3.63) is 11.6 Å². The maximum absolute atomic E-state index is 12.4. The molecule has 0 amide bonds. The van der Waals surface area contributed by atoms with Crippen LogP contribution in [0.15, 0.2) is 11.6 Å². The molecule has 1 saturated heterocycles. The second-order valence-corrected chi connectivity index (χ2v) is 13.7. The molecule has 5 fully saturated rings. The molecule has 0 spiro atoms. The number of methoxy groups -OCH3 is 1. The van der Waals surface area contributed by atoms with Crippen molar-refractivity contribution in [1.82, 2.24) is 0 Å². The maximum Gasteiger partial charge on any atom is 0.331 e. The van der Waals surface area contributed by atoms with E-state index >= 15 is 0 Å². The molecular formula is C30H46O8. The van der Waals surface area contributed by atoms with Crippen molar-refractivity contribution in [1.29, 1.82) is 0 Å². The molecule has 8 nitrogen and oxygen atoms in total. The van der Waals surface area contributed by atoms with Gasteiger partial charge in [0.15, 0.2) is 6.29 Å². The molecule has 2 aliphatic heterocycles. The third-order valence-electron chi connectivity index (χ3n) is 12.3. The predicted octanol–water partition coefficient (Wildman–Crippen LogP) is 3.11. The van der Waals surface area contributed by atoms with Crippen LogP contribution < -0.4 is 0 Å². The Hall–Kier alpha value is -1.03. The van der Waals surface area contributed by atoms with Crippen molar-refractivity contribution in [2.75, 3.05) is 13.7 Å². The molecule has 38 heavy (non-hydrogen) atoms. The third-order valence-corrected chi connectivity index (χ3v) is 12.3. The first kappa shape index (κ1) is 27.2. The smallest absolute Gasteiger partial charge is 0.331 e. The molecule has 214 valence electrons. The highest BCUT2D eigenvalue weighted by atomic mass is 16.7. The van der Waals surface area contributed by atoms with Crippen molar-refractivity contribution < 1.29 is 39.1 Å². The van der Waals surface area contributed by atoms with Gasteiger partial charge in [-0.15, -0.1) is 0 Å². The number of carbonyl (C=O) groups excluding carboxylic acids is 1. The summed E-state index contributed by atoms with van der Waals surface area (Å²) in [5.74, 6) is 1.22. The molecule has 4 aliphatic carbocycles. The lowest BCUT2D eigenvalue weighted by molar-refractivity contribution is -0.313. The number of aliphatic hydroxyl groups excluding tert-OH is 2. The second kappa shape index (κ2) is 9.52. The van der Waals surface area contributed by atoms with E-state index in [4.69, 9.17) is 18.9 Å².